The topological polar surface area (TPSA) is 41.8 Å². The molecule has 0 atom stereocenters. The molecule has 0 aliphatic heterocycles. The van der Waals surface area contributed by atoms with Crippen molar-refractivity contribution in [1.29, 1.82) is 0 Å². The van der Waals surface area contributed by atoms with Gasteiger partial charge in [0, 0.05) is 20.5 Å². The minimum absolute atomic E-state index is 0.361. The van der Waals surface area contributed by atoms with Crippen molar-refractivity contribution in [2.75, 3.05) is 0 Å². The molecule has 28 heavy (non-hydrogen) atoms. The number of thiophene rings is 1. The van der Waals surface area contributed by atoms with Gasteiger partial charge in [-0.25, -0.2) is 0 Å². The molecule has 0 saturated carbocycles. The van der Waals surface area contributed by atoms with Crippen LogP contribution in [0.5, 0.6) is 5.75 Å². The number of allylic oxidation sites excluding steroid dienone is 2. The lowest BCUT2D eigenvalue weighted by molar-refractivity contribution is 0.306. The molecule has 0 aliphatic rings. The zero-order valence-electron chi connectivity index (χ0n) is 14.8. The van der Waals surface area contributed by atoms with Gasteiger partial charge in [0.05, 0.1) is 0 Å². The summed E-state index contributed by atoms with van der Waals surface area (Å²) in [6.45, 7) is 0.361. The molecule has 0 spiro atoms. The Morgan fingerprint density at radius 3 is 2.50 bits per heavy atom. The molecule has 0 saturated heterocycles. The van der Waals surface area contributed by atoms with Gasteiger partial charge in [0.2, 0.25) is 0 Å². The lowest BCUT2D eigenvalue weighted by Crippen LogP contribution is -1.96. The van der Waals surface area contributed by atoms with Crippen molar-refractivity contribution in [2.45, 2.75) is 6.61 Å². The zero-order chi connectivity index (χ0) is 19.8. The summed E-state index contributed by atoms with van der Waals surface area (Å²) in [6, 6.07) is 16.9. The first-order valence-electron chi connectivity index (χ1n) is 8.42. The largest absolute Gasteiger partial charge is 0.489 e. The van der Waals surface area contributed by atoms with Gasteiger partial charge in [-0.05, 0) is 59.5 Å². The Kier molecular flexibility index (Phi) is 7.31. The SMILES string of the molecule is ON=C(C=Cc1ccc(OCc2ccc(Cl)cc2Cl)cc1)C=Cc1cccs1. The Morgan fingerprint density at radius 2 is 1.82 bits per heavy atom. The van der Waals surface area contributed by atoms with E-state index in [-0.39, 0.29) is 0 Å². The predicted octanol–water partition coefficient (Wildman–Crippen LogP) is 7.19. The maximum atomic E-state index is 9.14. The summed E-state index contributed by atoms with van der Waals surface area (Å²) in [5.41, 5.74) is 2.30. The summed E-state index contributed by atoms with van der Waals surface area (Å²) < 4.78 is 5.77. The van der Waals surface area contributed by atoms with Crippen LogP contribution in [0.2, 0.25) is 10.0 Å². The number of benzene rings is 2. The lowest BCUT2D eigenvalue weighted by Gasteiger charge is -2.08. The molecule has 2 aromatic carbocycles. The number of nitrogens with zero attached hydrogens (tertiary/aromatic N) is 1. The van der Waals surface area contributed by atoms with Crippen molar-refractivity contribution < 1.29 is 9.94 Å². The number of ether oxygens (including phenoxy) is 1. The third kappa shape index (κ3) is 5.99. The highest BCUT2D eigenvalue weighted by molar-refractivity contribution is 7.10. The molecule has 0 radical (unpaired) electrons. The van der Waals surface area contributed by atoms with Crippen LogP contribution in [0.3, 0.4) is 0 Å². The van der Waals surface area contributed by atoms with Crippen LogP contribution in [0.4, 0.5) is 0 Å². The van der Waals surface area contributed by atoms with Gasteiger partial charge in [-0.2, -0.15) is 0 Å². The van der Waals surface area contributed by atoms with E-state index in [0.717, 1.165) is 21.8 Å². The minimum Gasteiger partial charge on any atom is -0.489 e. The van der Waals surface area contributed by atoms with E-state index < -0.39 is 0 Å². The fourth-order valence-corrected chi connectivity index (χ4v) is 3.41. The highest BCUT2D eigenvalue weighted by Gasteiger charge is 2.02. The molecule has 3 nitrogen and oxygen atoms in total. The van der Waals surface area contributed by atoms with E-state index in [0.29, 0.717) is 22.4 Å². The van der Waals surface area contributed by atoms with E-state index in [2.05, 4.69) is 5.16 Å². The van der Waals surface area contributed by atoms with Crippen LogP contribution in [0.1, 0.15) is 16.0 Å². The van der Waals surface area contributed by atoms with Crippen LogP contribution < -0.4 is 4.74 Å². The number of hydrogen-bond donors (Lipinski definition) is 1. The smallest absolute Gasteiger partial charge is 0.119 e. The Hall–Kier alpha value is -2.53. The Morgan fingerprint density at radius 1 is 1.04 bits per heavy atom. The molecule has 3 rings (SSSR count). The fraction of sp³-hybridized carbons (Fsp3) is 0.0455. The summed E-state index contributed by atoms with van der Waals surface area (Å²) >= 11 is 13.7. The number of halogens is 2. The van der Waals surface area contributed by atoms with Gasteiger partial charge in [-0.1, -0.05) is 58.7 Å². The van der Waals surface area contributed by atoms with Gasteiger partial charge in [-0.3, -0.25) is 0 Å². The number of hydrogen-bond acceptors (Lipinski definition) is 4. The fourth-order valence-electron chi connectivity index (χ4n) is 2.33. The van der Waals surface area contributed by atoms with Crippen molar-refractivity contribution in [3.8, 4) is 5.75 Å². The van der Waals surface area contributed by atoms with Crippen molar-refractivity contribution >= 4 is 52.4 Å². The highest BCUT2D eigenvalue weighted by Crippen LogP contribution is 2.23. The quantitative estimate of drug-likeness (QED) is 0.245. The van der Waals surface area contributed by atoms with Crippen LogP contribution >= 0.6 is 34.5 Å². The minimum atomic E-state index is 0.361. The van der Waals surface area contributed by atoms with Gasteiger partial charge >= 0.3 is 0 Å². The normalized spacial score (nSPS) is 12.1. The third-order valence-corrected chi connectivity index (χ3v) is 5.24. The van der Waals surface area contributed by atoms with Gasteiger partial charge in [0.1, 0.15) is 18.1 Å². The van der Waals surface area contributed by atoms with E-state index in [4.69, 9.17) is 33.1 Å². The second kappa shape index (κ2) is 10.1. The summed E-state index contributed by atoms with van der Waals surface area (Å²) in [5.74, 6) is 0.733. The maximum absolute atomic E-state index is 9.14. The molecular formula is C22H17Cl2NO2S. The van der Waals surface area contributed by atoms with Crippen molar-refractivity contribution in [1.82, 2.24) is 0 Å². The second-order valence-electron chi connectivity index (χ2n) is 5.80. The van der Waals surface area contributed by atoms with Crippen molar-refractivity contribution in [3.05, 3.63) is 98.2 Å². The van der Waals surface area contributed by atoms with Crippen molar-refractivity contribution in [2.24, 2.45) is 5.16 Å². The first kappa shape index (κ1) is 20.2. The number of oxime groups is 1. The molecule has 142 valence electrons. The summed E-state index contributed by atoms with van der Waals surface area (Å²) in [7, 11) is 0. The molecule has 1 aromatic heterocycles. The Balaban J connectivity index is 1.58. The molecule has 0 amide bonds. The van der Waals surface area contributed by atoms with Crippen LogP contribution in [0.25, 0.3) is 12.2 Å². The molecule has 6 heteroatoms. The molecule has 0 aliphatic carbocycles. The van der Waals surface area contributed by atoms with Crippen LogP contribution in [-0.4, -0.2) is 10.9 Å². The highest BCUT2D eigenvalue weighted by atomic mass is 35.5. The number of rotatable bonds is 7. The summed E-state index contributed by atoms with van der Waals surface area (Å²) in [4.78, 5) is 1.09. The molecule has 0 unspecified atom stereocenters. The second-order valence-corrected chi connectivity index (χ2v) is 7.62. The lowest BCUT2D eigenvalue weighted by atomic mass is 10.1. The monoisotopic (exact) mass is 429 g/mol. The predicted molar refractivity (Wildman–Crippen MR) is 119 cm³/mol. The first-order chi connectivity index (χ1) is 13.6. The van der Waals surface area contributed by atoms with Crippen LogP contribution in [0.15, 0.2) is 77.3 Å². The van der Waals surface area contributed by atoms with E-state index >= 15 is 0 Å². The summed E-state index contributed by atoms with van der Waals surface area (Å²) in [6.07, 6.45) is 7.28. The van der Waals surface area contributed by atoms with Gasteiger partial charge in [-0.15, -0.1) is 11.3 Å². The van der Waals surface area contributed by atoms with E-state index in [1.807, 2.05) is 60.0 Å². The standard InChI is InChI=1S/C22H17Cl2NO2S/c23-18-7-6-17(22(24)14-18)15-27-20-10-4-16(5-11-20)3-8-19(25-26)9-12-21-2-1-13-28-21/h1-14,26H,15H2. The average molecular weight is 430 g/mol. The first-order valence-corrected chi connectivity index (χ1v) is 10.1. The van der Waals surface area contributed by atoms with Gasteiger partial charge in [0.15, 0.2) is 0 Å². The van der Waals surface area contributed by atoms with Gasteiger partial charge < -0.3 is 9.94 Å². The van der Waals surface area contributed by atoms with E-state index in [9.17, 15) is 0 Å². The van der Waals surface area contributed by atoms with E-state index in [1.54, 1.807) is 35.6 Å². The van der Waals surface area contributed by atoms with Gasteiger partial charge in [0.25, 0.3) is 0 Å². The Labute approximate surface area is 177 Å². The molecule has 3 aromatic rings. The average Bonchev–Trinajstić information content (AvgIpc) is 3.22. The molecule has 1 heterocycles. The van der Waals surface area contributed by atoms with E-state index in [1.165, 1.54) is 0 Å². The third-order valence-electron chi connectivity index (χ3n) is 3.81. The molecule has 0 fully saturated rings. The van der Waals surface area contributed by atoms with Crippen LogP contribution in [-0.2, 0) is 6.61 Å². The summed E-state index contributed by atoms with van der Waals surface area (Å²) in [5, 5.41) is 15.6. The Bertz CT molecular complexity index is 994. The molecule has 1 N–H and O–H groups in total. The molecular weight excluding hydrogens is 413 g/mol. The maximum Gasteiger partial charge on any atom is 0.119 e. The van der Waals surface area contributed by atoms with Crippen LogP contribution in [0, 0.1) is 0 Å². The zero-order valence-corrected chi connectivity index (χ0v) is 17.1. The van der Waals surface area contributed by atoms with Crippen molar-refractivity contribution in [3.63, 3.8) is 0 Å². The molecule has 0 bridgehead atoms.